The van der Waals surface area contributed by atoms with Crippen molar-refractivity contribution < 1.29 is 24.5 Å². The number of hydrogen-bond donors (Lipinski definition) is 3. The van der Waals surface area contributed by atoms with Gasteiger partial charge in [-0.25, -0.2) is 4.79 Å². The molecule has 0 heterocycles. The van der Waals surface area contributed by atoms with E-state index in [0.29, 0.717) is 6.29 Å². The van der Waals surface area contributed by atoms with Crippen LogP contribution >= 0.6 is 11.6 Å². The molecule has 1 aromatic carbocycles. The van der Waals surface area contributed by atoms with Gasteiger partial charge in [0.1, 0.15) is 11.7 Å². The predicted molar refractivity (Wildman–Crippen MR) is 86.7 cm³/mol. The first-order valence-corrected chi connectivity index (χ1v) is 7.60. The second kappa shape index (κ2) is 8.29. The molecule has 0 saturated carbocycles. The van der Waals surface area contributed by atoms with E-state index in [9.17, 15) is 19.8 Å². The Bertz CT molecular complexity index is 556. The second-order valence-electron chi connectivity index (χ2n) is 6.09. The molecule has 3 N–H and O–H groups in total. The number of ether oxygens (including phenoxy) is 1. The number of nitrogens with one attached hydrogen (secondary N) is 1. The summed E-state index contributed by atoms with van der Waals surface area (Å²) in [7, 11) is 0. The fourth-order valence-corrected chi connectivity index (χ4v) is 2.16. The van der Waals surface area contributed by atoms with Crippen molar-refractivity contribution in [3.63, 3.8) is 0 Å². The maximum Gasteiger partial charge on any atom is 0.407 e. The van der Waals surface area contributed by atoms with E-state index in [1.165, 1.54) is 12.1 Å². The zero-order valence-corrected chi connectivity index (χ0v) is 14.1. The minimum absolute atomic E-state index is 0.0885. The van der Waals surface area contributed by atoms with Crippen LogP contribution in [0.1, 0.15) is 49.2 Å². The van der Waals surface area contributed by atoms with Crippen molar-refractivity contribution in [1.82, 2.24) is 5.32 Å². The Labute approximate surface area is 140 Å². The van der Waals surface area contributed by atoms with Gasteiger partial charge in [0.15, 0.2) is 6.29 Å². The van der Waals surface area contributed by atoms with E-state index in [1.807, 2.05) is 0 Å². The summed E-state index contributed by atoms with van der Waals surface area (Å²) < 4.78 is 5.06. The molecule has 1 amide bonds. The van der Waals surface area contributed by atoms with Crippen LogP contribution in [0.15, 0.2) is 18.2 Å². The highest BCUT2D eigenvalue weighted by Gasteiger charge is 2.22. The van der Waals surface area contributed by atoms with Gasteiger partial charge in [0.25, 0.3) is 0 Å². The normalized spacial score (nSPS) is 14.0. The summed E-state index contributed by atoms with van der Waals surface area (Å²) in [5.41, 5.74) is -0.222. The van der Waals surface area contributed by atoms with Crippen molar-refractivity contribution in [2.75, 3.05) is 6.54 Å². The SMILES string of the molecule is CC(C)(C)OC(=O)NCCC(O)C(O)c1cccc(Cl)c1C=O. The highest BCUT2D eigenvalue weighted by Crippen LogP contribution is 2.26. The first kappa shape index (κ1) is 19.4. The average Bonchev–Trinajstić information content (AvgIpc) is 2.44. The Morgan fingerprint density at radius 3 is 2.61 bits per heavy atom. The molecule has 0 aliphatic carbocycles. The quantitative estimate of drug-likeness (QED) is 0.689. The second-order valence-corrected chi connectivity index (χ2v) is 6.50. The fraction of sp³-hybridized carbons (Fsp3) is 0.500. The van der Waals surface area contributed by atoms with Crippen molar-refractivity contribution in [2.24, 2.45) is 0 Å². The minimum Gasteiger partial charge on any atom is -0.444 e. The number of benzene rings is 1. The number of aliphatic hydroxyl groups is 2. The summed E-state index contributed by atoms with van der Waals surface area (Å²) >= 11 is 5.89. The molecule has 0 aliphatic rings. The summed E-state index contributed by atoms with van der Waals surface area (Å²) in [6.07, 6.45) is -2.43. The summed E-state index contributed by atoms with van der Waals surface area (Å²) in [5.74, 6) is 0. The molecule has 0 saturated heterocycles. The standard InChI is InChI=1S/C16H22ClNO5/c1-16(2,3)23-15(22)18-8-7-13(20)14(21)10-5-4-6-12(17)11(10)9-19/h4-6,9,13-14,20-21H,7-8H2,1-3H3,(H,18,22). The summed E-state index contributed by atoms with van der Waals surface area (Å²) in [6, 6.07) is 4.63. The van der Waals surface area contributed by atoms with E-state index < -0.39 is 23.9 Å². The van der Waals surface area contributed by atoms with Crippen LogP contribution in [-0.2, 0) is 4.74 Å². The molecule has 1 aromatic rings. The third-order valence-corrected chi connectivity index (χ3v) is 3.33. The van der Waals surface area contributed by atoms with Gasteiger partial charge in [-0.15, -0.1) is 0 Å². The van der Waals surface area contributed by atoms with Crippen molar-refractivity contribution in [3.05, 3.63) is 34.3 Å². The van der Waals surface area contributed by atoms with Crippen LogP contribution in [0, 0.1) is 0 Å². The van der Waals surface area contributed by atoms with Gasteiger partial charge in [-0.05, 0) is 38.8 Å². The van der Waals surface area contributed by atoms with Crippen molar-refractivity contribution in [3.8, 4) is 0 Å². The maximum absolute atomic E-state index is 11.5. The first-order valence-electron chi connectivity index (χ1n) is 7.22. The van der Waals surface area contributed by atoms with Gasteiger partial charge in [-0.3, -0.25) is 4.79 Å². The monoisotopic (exact) mass is 343 g/mol. The van der Waals surface area contributed by atoms with E-state index >= 15 is 0 Å². The van der Waals surface area contributed by atoms with Gasteiger partial charge in [0, 0.05) is 12.1 Å². The van der Waals surface area contributed by atoms with E-state index in [0.717, 1.165) is 0 Å². The van der Waals surface area contributed by atoms with Crippen LogP contribution in [0.4, 0.5) is 4.79 Å². The van der Waals surface area contributed by atoms with E-state index in [4.69, 9.17) is 16.3 Å². The predicted octanol–water partition coefficient (Wildman–Crippen LogP) is 2.46. The molecule has 0 radical (unpaired) electrons. The molecular weight excluding hydrogens is 322 g/mol. The van der Waals surface area contributed by atoms with Crippen LogP contribution in [0.5, 0.6) is 0 Å². The van der Waals surface area contributed by atoms with E-state index in [1.54, 1.807) is 26.8 Å². The molecule has 0 spiro atoms. The Hall–Kier alpha value is -1.63. The molecule has 0 fully saturated rings. The Morgan fingerprint density at radius 2 is 2.04 bits per heavy atom. The number of carbonyl (C=O) groups excluding carboxylic acids is 2. The number of aldehydes is 1. The van der Waals surface area contributed by atoms with E-state index in [-0.39, 0.29) is 29.1 Å². The molecule has 0 aromatic heterocycles. The minimum atomic E-state index is -1.28. The summed E-state index contributed by atoms with van der Waals surface area (Å²) in [6.45, 7) is 5.34. The average molecular weight is 344 g/mol. The zero-order valence-electron chi connectivity index (χ0n) is 13.4. The lowest BCUT2D eigenvalue weighted by atomic mass is 9.97. The molecule has 7 heteroatoms. The highest BCUT2D eigenvalue weighted by atomic mass is 35.5. The highest BCUT2D eigenvalue weighted by molar-refractivity contribution is 6.33. The van der Waals surface area contributed by atoms with Crippen LogP contribution in [0.25, 0.3) is 0 Å². The number of rotatable bonds is 6. The molecule has 0 aliphatic heterocycles. The smallest absolute Gasteiger partial charge is 0.407 e. The van der Waals surface area contributed by atoms with Crippen molar-refractivity contribution in [1.29, 1.82) is 0 Å². The largest absolute Gasteiger partial charge is 0.444 e. The first-order chi connectivity index (χ1) is 10.7. The molecule has 1 rings (SSSR count). The number of aliphatic hydroxyl groups excluding tert-OH is 2. The molecule has 6 nitrogen and oxygen atoms in total. The van der Waals surface area contributed by atoms with Gasteiger partial charge < -0.3 is 20.3 Å². The van der Waals surface area contributed by atoms with Crippen molar-refractivity contribution >= 4 is 24.0 Å². The van der Waals surface area contributed by atoms with E-state index in [2.05, 4.69) is 5.32 Å². The lowest BCUT2D eigenvalue weighted by Gasteiger charge is -2.22. The summed E-state index contributed by atoms with van der Waals surface area (Å²) in [5, 5.41) is 22.9. The Balaban J connectivity index is 2.58. The Morgan fingerprint density at radius 1 is 1.39 bits per heavy atom. The zero-order chi connectivity index (χ0) is 17.6. The van der Waals surface area contributed by atoms with Gasteiger partial charge in [0.05, 0.1) is 11.1 Å². The fourth-order valence-electron chi connectivity index (χ4n) is 1.94. The lowest BCUT2D eigenvalue weighted by Crippen LogP contribution is -2.34. The van der Waals surface area contributed by atoms with Crippen LogP contribution in [0.3, 0.4) is 0 Å². The topological polar surface area (TPSA) is 95.9 Å². The number of amides is 1. The van der Waals surface area contributed by atoms with Gasteiger partial charge in [-0.1, -0.05) is 23.7 Å². The number of hydrogen-bond acceptors (Lipinski definition) is 5. The molecule has 0 bridgehead atoms. The molecule has 2 unspecified atom stereocenters. The third kappa shape index (κ3) is 6.17. The van der Waals surface area contributed by atoms with Crippen LogP contribution < -0.4 is 5.32 Å². The molecule has 2 atom stereocenters. The lowest BCUT2D eigenvalue weighted by molar-refractivity contribution is 0.0120. The number of alkyl carbamates (subject to hydrolysis) is 1. The van der Waals surface area contributed by atoms with Gasteiger partial charge in [0.2, 0.25) is 0 Å². The van der Waals surface area contributed by atoms with Crippen molar-refractivity contribution in [2.45, 2.75) is 45.0 Å². The Kier molecular flexibility index (Phi) is 7.00. The number of halogens is 1. The van der Waals surface area contributed by atoms with Crippen LogP contribution in [-0.4, -0.2) is 40.8 Å². The molecule has 23 heavy (non-hydrogen) atoms. The van der Waals surface area contributed by atoms with Gasteiger partial charge >= 0.3 is 6.09 Å². The molecular formula is C16H22ClNO5. The van der Waals surface area contributed by atoms with Crippen LogP contribution in [0.2, 0.25) is 5.02 Å². The maximum atomic E-state index is 11.5. The van der Waals surface area contributed by atoms with Gasteiger partial charge in [-0.2, -0.15) is 0 Å². The summed E-state index contributed by atoms with van der Waals surface area (Å²) in [4.78, 5) is 22.5. The third-order valence-electron chi connectivity index (χ3n) is 3.00. The molecule has 128 valence electrons. The number of carbonyl (C=O) groups is 2.